The Balaban J connectivity index is 1.57. The van der Waals surface area contributed by atoms with E-state index in [-0.39, 0.29) is 5.91 Å². The van der Waals surface area contributed by atoms with Crippen molar-refractivity contribution < 1.29 is 9.53 Å². The van der Waals surface area contributed by atoms with Crippen LogP contribution in [0.25, 0.3) is 0 Å². The molecule has 0 bridgehead atoms. The maximum Gasteiger partial charge on any atom is 0.228 e. The first-order chi connectivity index (χ1) is 12.0. The van der Waals surface area contributed by atoms with Gasteiger partial charge in [-0.1, -0.05) is 6.07 Å². The van der Waals surface area contributed by atoms with Gasteiger partial charge in [-0.05, 0) is 50.7 Å². The molecule has 25 heavy (non-hydrogen) atoms. The van der Waals surface area contributed by atoms with Crippen LogP contribution in [-0.4, -0.2) is 66.1 Å². The molecule has 2 fully saturated rings. The van der Waals surface area contributed by atoms with Crippen molar-refractivity contribution in [3.05, 3.63) is 30.1 Å². The lowest BCUT2D eigenvalue weighted by atomic mass is 9.76. The fourth-order valence-electron chi connectivity index (χ4n) is 4.51. The summed E-state index contributed by atoms with van der Waals surface area (Å²) in [5.41, 5.74) is 1.22. The first-order valence-corrected chi connectivity index (χ1v) is 9.45. The number of hydrogen-bond acceptors (Lipinski definition) is 4. The summed E-state index contributed by atoms with van der Waals surface area (Å²) in [6.07, 6.45) is 5.57. The van der Waals surface area contributed by atoms with Crippen molar-refractivity contribution in [2.24, 2.45) is 5.41 Å². The summed E-state index contributed by atoms with van der Waals surface area (Å²) in [7, 11) is 1.79. The van der Waals surface area contributed by atoms with E-state index < -0.39 is 0 Å². The second-order valence-corrected chi connectivity index (χ2v) is 7.96. The number of carbonyl (C=O) groups excluding carboxylic acids is 1. The van der Waals surface area contributed by atoms with Gasteiger partial charge >= 0.3 is 0 Å². The zero-order valence-corrected chi connectivity index (χ0v) is 15.8. The molecule has 0 N–H and O–H groups in total. The molecule has 1 aromatic heterocycles. The summed E-state index contributed by atoms with van der Waals surface area (Å²) < 4.78 is 5.45. The number of pyridine rings is 1. The van der Waals surface area contributed by atoms with E-state index in [1.807, 2.05) is 23.1 Å². The van der Waals surface area contributed by atoms with E-state index >= 15 is 0 Å². The molecule has 1 atom stereocenters. The molecule has 3 heterocycles. The molecule has 5 heteroatoms. The molecule has 5 nitrogen and oxygen atoms in total. The van der Waals surface area contributed by atoms with Crippen LogP contribution in [0.4, 0.5) is 0 Å². The molecular weight excluding hydrogens is 314 g/mol. The van der Waals surface area contributed by atoms with Crippen LogP contribution >= 0.6 is 0 Å². The Morgan fingerprint density at radius 2 is 2.12 bits per heavy atom. The van der Waals surface area contributed by atoms with Crippen LogP contribution in [0, 0.1) is 5.41 Å². The topological polar surface area (TPSA) is 45.7 Å². The highest BCUT2D eigenvalue weighted by Crippen LogP contribution is 2.44. The SMILES string of the molecule is COCC1CC2(CCN(C(=O)Cc3ccccn3)CC2)CN1C(C)C. The van der Waals surface area contributed by atoms with E-state index in [2.05, 4.69) is 23.7 Å². The molecule has 0 radical (unpaired) electrons. The maximum absolute atomic E-state index is 12.6. The Morgan fingerprint density at radius 3 is 2.72 bits per heavy atom. The molecule has 0 aliphatic carbocycles. The molecule has 1 spiro atoms. The van der Waals surface area contributed by atoms with Gasteiger partial charge in [0.1, 0.15) is 0 Å². The van der Waals surface area contributed by atoms with E-state index in [9.17, 15) is 4.79 Å². The molecule has 0 aromatic carbocycles. The second kappa shape index (κ2) is 7.83. The van der Waals surface area contributed by atoms with E-state index in [0.717, 1.165) is 44.8 Å². The Labute approximate surface area is 151 Å². The van der Waals surface area contributed by atoms with Gasteiger partial charge in [-0.25, -0.2) is 0 Å². The molecule has 2 saturated heterocycles. The predicted octanol–water partition coefficient (Wildman–Crippen LogP) is 2.36. The van der Waals surface area contributed by atoms with Gasteiger partial charge < -0.3 is 9.64 Å². The van der Waals surface area contributed by atoms with Gasteiger partial charge in [0.15, 0.2) is 0 Å². The van der Waals surface area contributed by atoms with E-state index in [0.29, 0.717) is 23.9 Å². The molecule has 3 rings (SSSR count). The molecule has 138 valence electrons. The van der Waals surface area contributed by atoms with Crippen molar-refractivity contribution in [2.75, 3.05) is 33.4 Å². The minimum Gasteiger partial charge on any atom is -0.383 e. The lowest BCUT2D eigenvalue weighted by molar-refractivity contribution is -0.132. The summed E-state index contributed by atoms with van der Waals surface area (Å²) in [5, 5.41) is 0. The first kappa shape index (κ1) is 18.3. The average Bonchev–Trinajstić information content (AvgIpc) is 2.95. The molecule has 0 saturated carbocycles. The Hall–Kier alpha value is -1.46. The highest BCUT2D eigenvalue weighted by Gasteiger charge is 2.46. The smallest absolute Gasteiger partial charge is 0.228 e. The van der Waals surface area contributed by atoms with Crippen LogP contribution in [0.3, 0.4) is 0 Å². The van der Waals surface area contributed by atoms with Crippen molar-refractivity contribution in [1.82, 2.24) is 14.8 Å². The number of aromatic nitrogens is 1. The van der Waals surface area contributed by atoms with Gasteiger partial charge in [0, 0.05) is 50.7 Å². The minimum atomic E-state index is 0.209. The third-order valence-electron chi connectivity index (χ3n) is 5.91. The van der Waals surface area contributed by atoms with Crippen molar-refractivity contribution in [3.63, 3.8) is 0 Å². The van der Waals surface area contributed by atoms with Gasteiger partial charge in [0.2, 0.25) is 5.91 Å². The molecule has 1 aromatic rings. The van der Waals surface area contributed by atoms with Gasteiger partial charge in [0.05, 0.1) is 13.0 Å². The Morgan fingerprint density at radius 1 is 1.36 bits per heavy atom. The quantitative estimate of drug-likeness (QED) is 0.822. The predicted molar refractivity (Wildman–Crippen MR) is 98.3 cm³/mol. The first-order valence-electron chi connectivity index (χ1n) is 9.45. The summed E-state index contributed by atoms with van der Waals surface area (Å²) in [5.74, 6) is 0.209. The van der Waals surface area contributed by atoms with Crippen molar-refractivity contribution in [2.45, 2.75) is 51.6 Å². The molecule has 1 unspecified atom stereocenters. The van der Waals surface area contributed by atoms with Crippen LogP contribution < -0.4 is 0 Å². The Kier molecular flexibility index (Phi) is 5.74. The van der Waals surface area contributed by atoms with Crippen molar-refractivity contribution >= 4 is 5.91 Å². The molecular formula is C20H31N3O2. The zero-order chi connectivity index (χ0) is 17.9. The molecule has 1 amide bonds. The number of nitrogens with zero attached hydrogens (tertiary/aromatic N) is 3. The largest absolute Gasteiger partial charge is 0.383 e. The van der Waals surface area contributed by atoms with Crippen molar-refractivity contribution in [1.29, 1.82) is 0 Å². The second-order valence-electron chi connectivity index (χ2n) is 7.96. The summed E-state index contributed by atoms with van der Waals surface area (Å²) >= 11 is 0. The highest BCUT2D eigenvalue weighted by atomic mass is 16.5. The normalized spacial score (nSPS) is 23.5. The van der Waals surface area contributed by atoms with Crippen LogP contribution in [0.1, 0.15) is 38.8 Å². The van der Waals surface area contributed by atoms with Crippen LogP contribution in [0.2, 0.25) is 0 Å². The fraction of sp³-hybridized carbons (Fsp3) is 0.700. The third kappa shape index (κ3) is 4.21. The minimum absolute atomic E-state index is 0.209. The maximum atomic E-state index is 12.6. The number of hydrogen-bond donors (Lipinski definition) is 0. The Bertz CT molecular complexity index is 568. The zero-order valence-electron chi connectivity index (χ0n) is 15.8. The number of amides is 1. The number of rotatable bonds is 5. The fourth-order valence-corrected chi connectivity index (χ4v) is 4.51. The number of likely N-dealkylation sites (tertiary alicyclic amines) is 2. The van der Waals surface area contributed by atoms with Gasteiger partial charge in [0.25, 0.3) is 0 Å². The van der Waals surface area contributed by atoms with Crippen LogP contribution in [0.15, 0.2) is 24.4 Å². The molecule has 2 aliphatic rings. The van der Waals surface area contributed by atoms with Gasteiger partial charge in [-0.2, -0.15) is 0 Å². The monoisotopic (exact) mass is 345 g/mol. The van der Waals surface area contributed by atoms with Crippen LogP contribution in [-0.2, 0) is 16.0 Å². The van der Waals surface area contributed by atoms with E-state index in [1.54, 1.807) is 13.3 Å². The number of methoxy groups -OCH3 is 1. The number of ether oxygens (including phenoxy) is 1. The van der Waals surface area contributed by atoms with Gasteiger partial charge in [-0.15, -0.1) is 0 Å². The van der Waals surface area contributed by atoms with E-state index in [1.165, 1.54) is 6.42 Å². The summed E-state index contributed by atoms with van der Waals surface area (Å²) in [6.45, 7) is 8.23. The number of carbonyl (C=O) groups is 1. The van der Waals surface area contributed by atoms with E-state index in [4.69, 9.17) is 4.74 Å². The standard InChI is InChI=1S/C20H31N3O2/c1-16(2)23-15-20(13-18(23)14-25-3)7-10-22(11-8-20)19(24)12-17-6-4-5-9-21-17/h4-6,9,16,18H,7-8,10-15H2,1-3H3. The van der Waals surface area contributed by atoms with Crippen molar-refractivity contribution in [3.8, 4) is 0 Å². The third-order valence-corrected chi connectivity index (χ3v) is 5.91. The molecule has 2 aliphatic heterocycles. The average molecular weight is 345 g/mol. The summed E-state index contributed by atoms with van der Waals surface area (Å²) in [6, 6.07) is 6.81. The van der Waals surface area contributed by atoms with Crippen LogP contribution in [0.5, 0.6) is 0 Å². The lowest BCUT2D eigenvalue weighted by Gasteiger charge is -2.39. The summed E-state index contributed by atoms with van der Waals surface area (Å²) in [4.78, 5) is 21.5. The highest BCUT2D eigenvalue weighted by molar-refractivity contribution is 5.78. The number of piperidine rings is 1. The van der Waals surface area contributed by atoms with Gasteiger partial charge in [-0.3, -0.25) is 14.7 Å². The lowest BCUT2D eigenvalue weighted by Crippen LogP contribution is -2.45.